The molecule has 0 atom stereocenters. The van der Waals surface area contributed by atoms with E-state index in [-0.39, 0.29) is 0 Å². The smallest absolute Gasteiger partial charge is 0.0743 e. The van der Waals surface area contributed by atoms with Crippen LogP contribution >= 0.6 is 15.9 Å². The number of aromatic nitrogens is 3. The normalized spacial score (nSPS) is 10.8. The summed E-state index contributed by atoms with van der Waals surface area (Å²) in [6, 6.07) is 4.10. The Morgan fingerprint density at radius 3 is 2.71 bits per heavy atom. The third-order valence-corrected chi connectivity index (χ3v) is 3.90. The maximum Gasteiger partial charge on any atom is 0.0743 e. The topological polar surface area (TPSA) is 30.7 Å². The van der Waals surface area contributed by atoms with Gasteiger partial charge in [0.05, 0.1) is 21.5 Å². The lowest BCUT2D eigenvalue weighted by molar-refractivity contribution is 0.818. The molecule has 4 heteroatoms. The molecule has 0 saturated heterocycles. The number of hydrogen-bond donors (Lipinski definition) is 0. The molecule has 2 aromatic heterocycles. The van der Waals surface area contributed by atoms with Crippen molar-refractivity contribution in [2.45, 2.75) is 33.6 Å². The number of halogens is 1. The second-order valence-electron chi connectivity index (χ2n) is 4.15. The molecule has 0 aromatic carbocycles. The van der Waals surface area contributed by atoms with Crippen LogP contribution in [0.15, 0.2) is 22.8 Å². The van der Waals surface area contributed by atoms with Gasteiger partial charge in [-0.25, -0.2) is 4.68 Å². The van der Waals surface area contributed by atoms with Crippen molar-refractivity contribution in [3.8, 4) is 5.69 Å². The van der Waals surface area contributed by atoms with Crippen molar-refractivity contribution in [1.29, 1.82) is 0 Å². The van der Waals surface area contributed by atoms with Gasteiger partial charge in [-0.15, -0.1) is 0 Å². The highest BCUT2D eigenvalue weighted by Gasteiger charge is 2.10. The van der Waals surface area contributed by atoms with Gasteiger partial charge in [-0.1, -0.05) is 13.3 Å². The van der Waals surface area contributed by atoms with Crippen LogP contribution in [-0.2, 0) is 6.42 Å². The van der Waals surface area contributed by atoms with Crippen LogP contribution in [0.5, 0.6) is 0 Å². The van der Waals surface area contributed by atoms with Gasteiger partial charge in [0, 0.05) is 11.9 Å². The molecule has 0 radical (unpaired) electrons. The van der Waals surface area contributed by atoms with Crippen LogP contribution in [0.4, 0.5) is 0 Å². The van der Waals surface area contributed by atoms with Gasteiger partial charge in [0.2, 0.25) is 0 Å². The highest BCUT2D eigenvalue weighted by molar-refractivity contribution is 9.10. The summed E-state index contributed by atoms with van der Waals surface area (Å²) < 4.78 is 3.03. The largest absolute Gasteiger partial charge is 0.261 e. The molecule has 0 fully saturated rings. The molecule has 0 bridgehead atoms. The summed E-state index contributed by atoms with van der Waals surface area (Å²) in [4.78, 5) is 4.36. The van der Waals surface area contributed by atoms with E-state index in [0.29, 0.717) is 0 Å². The number of rotatable bonds is 3. The second kappa shape index (κ2) is 5.00. The molecular weight excluding hydrogens is 278 g/mol. The van der Waals surface area contributed by atoms with Crippen LogP contribution in [0.3, 0.4) is 0 Å². The number of hydrogen-bond acceptors (Lipinski definition) is 2. The Morgan fingerprint density at radius 2 is 2.12 bits per heavy atom. The molecule has 3 nitrogen and oxygen atoms in total. The third-order valence-electron chi connectivity index (χ3n) is 2.75. The van der Waals surface area contributed by atoms with Crippen LogP contribution in [0, 0.1) is 13.8 Å². The highest BCUT2D eigenvalue weighted by atomic mass is 79.9. The van der Waals surface area contributed by atoms with Crippen LogP contribution in [0.2, 0.25) is 0 Å². The molecule has 2 heterocycles. The van der Waals surface area contributed by atoms with E-state index in [9.17, 15) is 0 Å². The van der Waals surface area contributed by atoms with Crippen LogP contribution in [0.25, 0.3) is 5.69 Å². The summed E-state index contributed by atoms with van der Waals surface area (Å²) in [5, 5.41) is 4.52. The van der Waals surface area contributed by atoms with E-state index in [2.05, 4.69) is 45.9 Å². The first-order chi connectivity index (χ1) is 8.13. The van der Waals surface area contributed by atoms with Gasteiger partial charge in [-0.05, 0) is 48.3 Å². The Hall–Kier alpha value is -1.16. The summed E-state index contributed by atoms with van der Waals surface area (Å²) in [6.45, 7) is 6.22. The lowest BCUT2D eigenvalue weighted by Gasteiger charge is -2.06. The standard InChI is InChI=1S/C13H16BrN3/c1-4-5-11-8-12(6-7-15-11)17-10(3)13(14)9(2)16-17/h6-8H,4-5H2,1-3H3. The molecule has 0 spiro atoms. The van der Waals surface area contributed by atoms with Crippen LogP contribution < -0.4 is 0 Å². The summed E-state index contributed by atoms with van der Waals surface area (Å²) in [6.07, 6.45) is 3.97. The first kappa shape index (κ1) is 12.3. The van der Waals surface area contributed by atoms with E-state index < -0.39 is 0 Å². The van der Waals surface area contributed by atoms with Gasteiger partial charge in [-0.2, -0.15) is 5.10 Å². The van der Waals surface area contributed by atoms with E-state index in [1.807, 2.05) is 23.9 Å². The molecule has 0 saturated carbocycles. The quantitative estimate of drug-likeness (QED) is 0.866. The molecule has 0 aliphatic rings. The Bertz CT molecular complexity index is 531. The summed E-state index contributed by atoms with van der Waals surface area (Å²) >= 11 is 3.55. The zero-order valence-electron chi connectivity index (χ0n) is 10.4. The van der Waals surface area contributed by atoms with E-state index >= 15 is 0 Å². The fraction of sp³-hybridized carbons (Fsp3) is 0.385. The number of aryl methyl sites for hydroxylation is 2. The number of pyridine rings is 1. The molecule has 17 heavy (non-hydrogen) atoms. The van der Waals surface area contributed by atoms with Gasteiger partial charge in [0.25, 0.3) is 0 Å². The minimum Gasteiger partial charge on any atom is -0.261 e. The number of nitrogens with zero attached hydrogens (tertiary/aromatic N) is 3. The molecule has 0 unspecified atom stereocenters. The molecule has 0 aliphatic heterocycles. The Morgan fingerprint density at radius 1 is 1.35 bits per heavy atom. The van der Waals surface area contributed by atoms with Crippen molar-refractivity contribution < 1.29 is 0 Å². The maximum absolute atomic E-state index is 4.52. The van der Waals surface area contributed by atoms with Crippen molar-refractivity contribution in [3.63, 3.8) is 0 Å². The summed E-state index contributed by atoms with van der Waals surface area (Å²) in [5.74, 6) is 0. The molecule has 0 N–H and O–H groups in total. The molecule has 2 aromatic rings. The van der Waals surface area contributed by atoms with Crippen molar-refractivity contribution in [3.05, 3.63) is 39.9 Å². The average Bonchev–Trinajstić information content (AvgIpc) is 2.58. The SMILES string of the molecule is CCCc1cc(-n2nc(C)c(Br)c2C)ccn1. The Balaban J connectivity index is 2.45. The third kappa shape index (κ3) is 2.41. The van der Waals surface area contributed by atoms with Gasteiger partial charge in [0.1, 0.15) is 0 Å². The van der Waals surface area contributed by atoms with Gasteiger partial charge in [-0.3, -0.25) is 4.98 Å². The Kier molecular flexibility index (Phi) is 3.62. The molecule has 90 valence electrons. The van der Waals surface area contributed by atoms with E-state index in [1.165, 1.54) is 0 Å². The first-order valence-corrected chi connectivity index (χ1v) is 6.59. The van der Waals surface area contributed by atoms with Crippen LogP contribution in [-0.4, -0.2) is 14.8 Å². The molecule has 0 amide bonds. The average molecular weight is 294 g/mol. The lowest BCUT2D eigenvalue weighted by Crippen LogP contribution is -2.01. The van der Waals surface area contributed by atoms with Crippen LogP contribution in [0.1, 0.15) is 30.4 Å². The van der Waals surface area contributed by atoms with Crippen molar-refractivity contribution >= 4 is 15.9 Å². The fourth-order valence-electron chi connectivity index (χ4n) is 1.87. The fourth-order valence-corrected chi connectivity index (χ4v) is 2.11. The second-order valence-corrected chi connectivity index (χ2v) is 4.94. The zero-order valence-corrected chi connectivity index (χ0v) is 12.0. The predicted molar refractivity (Wildman–Crippen MR) is 72.5 cm³/mol. The van der Waals surface area contributed by atoms with E-state index in [1.54, 1.807) is 0 Å². The molecule has 2 rings (SSSR count). The van der Waals surface area contributed by atoms with Gasteiger partial charge < -0.3 is 0 Å². The lowest BCUT2D eigenvalue weighted by atomic mass is 10.2. The van der Waals surface area contributed by atoms with Crippen molar-refractivity contribution in [2.75, 3.05) is 0 Å². The van der Waals surface area contributed by atoms with Gasteiger partial charge >= 0.3 is 0 Å². The van der Waals surface area contributed by atoms with Gasteiger partial charge in [0.15, 0.2) is 0 Å². The first-order valence-electron chi connectivity index (χ1n) is 5.80. The highest BCUT2D eigenvalue weighted by Crippen LogP contribution is 2.23. The van der Waals surface area contributed by atoms with Crippen molar-refractivity contribution in [1.82, 2.24) is 14.8 Å². The maximum atomic E-state index is 4.52. The minimum atomic E-state index is 1.01. The van der Waals surface area contributed by atoms with Crippen molar-refractivity contribution in [2.24, 2.45) is 0 Å². The Labute approximate surface area is 110 Å². The summed E-state index contributed by atoms with van der Waals surface area (Å²) in [7, 11) is 0. The summed E-state index contributed by atoms with van der Waals surface area (Å²) in [5.41, 5.74) is 4.33. The van der Waals surface area contributed by atoms with E-state index in [4.69, 9.17) is 0 Å². The molecular formula is C13H16BrN3. The van der Waals surface area contributed by atoms with E-state index in [0.717, 1.165) is 40.1 Å². The molecule has 0 aliphatic carbocycles. The minimum absolute atomic E-state index is 1.01. The monoisotopic (exact) mass is 293 g/mol. The zero-order chi connectivity index (χ0) is 12.4. The predicted octanol–water partition coefficient (Wildman–Crippen LogP) is 3.60.